The lowest BCUT2D eigenvalue weighted by molar-refractivity contribution is 0.0804. The fourth-order valence-corrected chi connectivity index (χ4v) is 1.65. The van der Waals surface area contributed by atoms with Crippen molar-refractivity contribution in [2.75, 3.05) is 0 Å². The van der Waals surface area contributed by atoms with Crippen LogP contribution in [0.3, 0.4) is 0 Å². The molecule has 3 heteroatoms. The van der Waals surface area contributed by atoms with Gasteiger partial charge in [-0.05, 0) is 25.5 Å². The summed E-state index contributed by atoms with van der Waals surface area (Å²) in [5.41, 5.74) is 0.434. The molecule has 0 radical (unpaired) electrons. The van der Waals surface area contributed by atoms with Crippen molar-refractivity contribution in [3.05, 3.63) is 54.4 Å². The molecule has 0 N–H and O–H groups in total. The number of aromatic nitrogens is 2. The predicted molar refractivity (Wildman–Crippen MR) is 62.3 cm³/mol. The number of benzene rings is 1. The second-order valence-electron chi connectivity index (χ2n) is 4.25. The largest absolute Gasteiger partial charge is 0.272 e. The average Bonchev–Trinajstić information content (AvgIpc) is 2.82. The standard InChI is InChI=1S/C13H14N2O/c1-13(2,11-7-4-3-5-8-11)12(16)15-10-6-9-14-15/h3-10H,1-2H3. The summed E-state index contributed by atoms with van der Waals surface area (Å²) < 4.78 is 1.38. The van der Waals surface area contributed by atoms with E-state index in [1.54, 1.807) is 18.5 Å². The maximum absolute atomic E-state index is 12.2. The van der Waals surface area contributed by atoms with Gasteiger partial charge in [-0.15, -0.1) is 0 Å². The molecule has 0 atom stereocenters. The fraction of sp³-hybridized carbons (Fsp3) is 0.231. The lowest BCUT2D eigenvalue weighted by atomic mass is 9.84. The van der Waals surface area contributed by atoms with E-state index in [1.165, 1.54) is 4.68 Å². The first-order valence-corrected chi connectivity index (χ1v) is 5.22. The molecule has 2 aromatic rings. The summed E-state index contributed by atoms with van der Waals surface area (Å²) in [5, 5.41) is 3.98. The van der Waals surface area contributed by atoms with Gasteiger partial charge in [-0.1, -0.05) is 30.3 Å². The molecule has 1 aromatic heterocycles. The SMILES string of the molecule is CC(C)(C(=O)n1cccn1)c1ccccc1. The van der Waals surface area contributed by atoms with Crippen molar-refractivity contribution in [2.24, 2.45) is 0 Å². The van der Waals surface area contributed by atoms with Gasteiger partial charge >= 0.3 is 0 Å². The van der Waals surface area contributed by atoms with Crippen molar-refractivity contribution in [3.8, 4) is 0 Å². The van der Waals surface area contributed by atoms with Gasteiger partial charge in [-0.3, -0.25) is 4.79 Å². The minimum Gasteiger partial charge on any atom is -0.272 e. The molecular weight excluding hydrogens is 200 g/mol. The summed E-state index contributed by atoms with van der Waals surface area (Å²) in [4.78, 5) is 12.2. The lowest BCUT2D eigenvalue weighted by Gasteiger charge is -2.22. The van der Waals surface area contributed by atoms with Gasteiger partial charge in [0.1, 0.15) is 0 Å². The quantitative estimate of drug-likeness (QED) is 0.769. The molecule has 1 heterocycles. The molecule has 2 rings (SSSR count). The van der Waals surface area contributed by atoms with Crippen molar-refractivity contribution in [2.45, 2.75) is 19.3 Å². The lowest BCUT2D eigenvalue weighted by Crippen LogP contribution is -2.34. The highest BCUT2D eigenvalue weighted by Gasteiger charge is 2.31. The molecule has 0 aliphatic heterocycles. The van der Waals surface area contributed by atoms with Crippen molar-refractivity contribution in [1.82, 2.24) is 9.78 Å². The third-order valence-electron chi connectivity index (χ3n) is 2.74. The van der Waals surface area contributed by atoms with Crippen molar-refractivity contribution >= 4 is 5.91 Å². The first-order chi connectivity index (χ1) is 7.62. The number of hydrogen-bond donors (Lipinski definition) is 0. The van der Waals surface area contributed by atoms with E-state index in [0.717, 1.165) is 5.56 Å². The molecule has 1 aromatic carbocycles. The van der Waals surface area contributed by atoms with E-state index in [0.29, 0.717) is 0 Å². The van der Waals surface area contributed by atoms with Gasteiger partial charge < -0.3 is 0 Å². The Bertz CT molecular complexity index is 472. The second-order valence-corrected chi connectivity index (χ2v) is 4.25. The van der Waals surface area contributed by atoms with Gasteiger partial charge in [0.15, 0.2) is 0 Å². The topological polar surface area (TPSA) is 34.9 Å². The molecule has 0 amide bonds. The predicted octanol–water partition coefficient (Wildman–Crippen LogP) is 2.50. The Kier molecular flexibility index (Phi) is 2.60. The molecule has 0 unspecified atom stereocenters. The molecule has 0 aliphatic carbocycles. The van der Waals surface area contributed by atoms with Crippen LogP contribution in [0.15, 0.2) is 48.8 Å². The van der Waals surface area contributed by atoms with Crippen LogP contribution >= 0.6 is 0 Å². The zero-order valence-corrected chi connectivity index (χ0v) is 9.42. The van der Waals surface area contributed by atoms with Crippen LogP contribution in [0.2, 0.25) is 0 Å². The van der Waals surface area contributed by atoms with E-state index in [9.17, 15) is 4.79 Å². The molecule has 0 bridgehead atoms. The highest BCUT2D eigenvalue weighted by atomic mass is 16.2. The third kappa shape index (κ3) is 1.76. The van der Waals surface area contributed by atoms with Crippen LogP contribution in [0, 0.1) is 0 Å². The van der Waals surface area contributed by atoms with E-state index in [-0.39, 0.29) is 5.91 Å². The number of carbonyl (C=O) groups excluding carboxylic acids is 1. The smallest absolute Gasteiger partial charge is 0.256 e. The van der Waals surface area contributed by atoms with Crippen molar-refractivity contribution in [3.63, 3.8) is 0 Å². The Morgan fingerprint density at radius 2 is 1.88 bits per heavy atom. The Morgan fingerprint density at radius 1 is 1.19 bits per heavy atom. The first-order valence-electron chi connectivity index (χ1n) is 5.22. The molecule has 0 spiro atoms. The molecule has 16 heavy (non-hydrogen) atoms. The minimum absolute atomic E-state index is 0.0244. The molecule has 82 valence electrons. The van der Waals surface area contributed by atoms with Crippen molar-refractivity contribution < 1.29 is 4.79 Å². The van der Waals surface area contributed by atoms with Gasteiger partial charge in [-0.2, -0.15) is 5.10 Å². The van der Waals surface area contributed by atoms with E-state index in [4.69, 9.17) is 0 Å². The van der Waals surface area contributed by atoms with Gasteiger partial charge in [0.05, 0.1) is 5.41 Å². The van der Waals surface area contributed by atoms with E-state index >= 15 is 0 Å². The average molecular weight is 214 g/mol. The fourth-order valence-electron chi connectivity index (χ4n) is 1.65. The minimum atomic E-state index is -0.562. The van der Waals surface area contributed by atoms with Gasteiger partial charge in [0.2, 0.25) is 0 Å². The Balaban J connectivity index is 2.36. The first kappa shape index (κ1) is 10.6. The van der Waals surface area contributed by atoms with Crippen LogP contribution in [0.25, 0.3) is 0 Å². The Labute approximate surface area is 94.7 Å². The van der Waals surface area contributed by atoms with Crippen LogP contribution in [0.4, 0.5) is 0 Å². The number of carbonyl (C=O) groups is 1. The molecular formula is C13H14N2O. The maximum Gasteiger partial charge on any atom is 0.256 e. The summed E-state index contributed by atoms with van der Waals surface area (Å²) in [7, 11) is 0. The number of hydrogen-bond acceptors (Lipinski definition) is 2. The van der Waals surface area contributed by atoms with Crippen LogP contribution in [0.1, 0.15) is 24.2 Å². The van der Waals surface area contributed by atoms with Crippen LogP contribution < -0.4 is 0 Å². The van der Waals surface area contributed by atoms with Crippen molar-refractivity contribution in [1.29, 1.82) is 0 Å². The van der Waals surface area contributed by atoms with Crippen LogP contribution in [0.5, 0.6) is 0 Å². The zero-order valence-electron chi connectivity index (χ0n) is 9.42. The normalized spacial score (nSPS) is 11.4. The highest BCUT2D eigenvalue weighted by molar-refractivity contribution is 5.88. The van der Waals surface area contributed by atoms with Gasteiger partial charge in [-0.25, -0.2) is 4.68 Å². The zero-order chi connectivity index (χ0) is 11.6. The molecule has 0 saturated heterocycles. The maximum atomic E-state index is 12.2. The summed E-state index contributed by atoms with van der Waals surface area (Å²) in [5.74, 6) is -0.0244. The van der Waals surface area contributed by atoms with Crippen LogP contribution in [-0.4, -0.2) is 15.7 Å². The summed E-state index contributed by atoms with van der Waals surface area (Å²) >= 11 is 0. The molecule has 0 saturated carbocycles. The highest BCUT2D eigenvalue weighted by Crippen LogP contribution is 2.24. The number of rotatable bonds is 2. The van der Waals surface area contributed by atoms with Gasteiger partial charge in [0.25, 0.3) is 5.91 Å². The van der Waals surface area contributed by atoms with E-state index in [1.807, 2.05) is 44.2 Å². The summed E-state index contributed by atoms with van der Waals surface area (Å²) in [6.07, 6.45) is 3.28. The Morgan fingerprint density at radius 3 is 2.44 bits per heavy atom. The van der Waals surface area contributed by atoms with Crippen LogP contribution in [-0.2, 0) is 5.41 Å². The Hall–Kier alpha value is -1.90. The van der Waals surface area contributed by atoms with E-state index in [2.05, 4.69) is 5.10 Å². The summed E-state index contributed by atoms with van der Waals surface area (Å²) in [6.45, 7) is 3.82. The monoisotopic (exact) mass is 214 g/mol. The summed E-state index contributed by atoms with van der Waals surface area (Å²) in [6, 6.07) is 11.5. The second kappa shape index (κ2) is 3.93. The number of nitrogens with zero attached hydrogens (tertiary/aromatic N) is 2. The van der Waals surface area contributed by atoms with E-state index < -0.39 is 5.41 Å². The molecule has 0 aliphatic rings. The molecule has 0 fully saturated rings. The van der Waals surface area contributed by atoms with Gasteiger partial charge in [0, 0.05) is 12.4 Å². The molecule has 3 nitrogen and oxygen atoms in total. The third-order valence-corrected chi connectivity index (χ3v) is 2.74.